The highest BCUT2D eigenvalue weighted by atomic mass is 16.2. The van der Waals surface area contributed by atoms with Crippen molar-refractivity contribution < 1.29 is 4.79 Å². The number of hydrogen-bond acceptors (Lipinski definition) is 3. The lowest BCUT2D eigenvalue weighted by molar-refractivity contribution is -0.119. The Labute approximate surface area is 94.8 Å². The van der Waals surface area contributed by atoms with Crippen LogP contribution in [-0.4, -0.2) is 24.8 Å². The van der Waals surface area contributed by atoms with E-state index in [9.17, 15) is 4.79 Å². The third-order valence-corrected chi connectivity index (χ3v) is 2.79. The third-order valence-electron chi connectivity index (χ3n) is 2.79. The number of rotatable bonds is 1. The summed E-state index contributed by atoms with van der Waals surface area (Å²) in [5.41, 5.74) is 8.50. The molecule has 1 aliphatic rings. The molecule has 0 fully saturated rings. The molecule has 4 nitrogen and oxygen atoms in total. The van der Waals surface area contributed by atoms with Gasteiger partial charge in [-0.2, -0.15) is 0 Å². The maximum absolute atomic E-state index is 11.9. The fraction of sp³-hybridized carbons (Fsp3) is 0.333. The smallest absolute Gasteiger partial charge is 0.266 e. The number of amides is 1. The number of benzodiazepines with no additional fused rings is 1. The molecule has 2 rings (SSSR count). The van der Waals surface area contributed by atoms with Crippen LogP contribution in [0.5, 0.6) is 0 Å². The molecular weight excluding hydrogens is 202 g/mol. The molecule has 2 N–H and O–H groups in total. The second-order valence-corrected chi connectivity index (χ2v) is 3.79. The third kappa shape index (κ3) is 1.61. The molecule has 1 aromatic carbocycles. The molecule has 0 aliphatic carbocycles. The molecule has 1 unspecified atom stereocenters. The number of para-hydroxylation sites is 1. The Balaban J connectivity index is 2.62. The fourth-order valence-electron chi connectivity index (χ4n) is 1.90. The SMILES string of the molecule is CCC1=NC(N)C(=O)N(C)c2ccccc21. The molecule has 0 radical (unpaired) electrons. The molecule has 84 valence electrons. The first-order chi connectivity index (χ1) is 7.65. The van der Waals surface area contributed by atoms with Crippen molar-refractivity contribution >= 4 is 17.3 Å². The molecular formula is C12H15N3O. The van der Waals surface area contributed by atoms with Crippen LogP contribution in [0.25, 0.3) is 0 Å². The molecule has 0 bridgehead atoms. The summed E-state index contributed by atoms with van der Waals surface area (Å²) >= 11 is 0. The zero-order chi connectivity index (χ0) is 11.7. The summed E-state index contributed by atoms with van der Waals surface area (Å²) < 4.78 is 0. The number of carbonyl (C=O) groups is 1. The van der Waals surface area contributed by atoms with Crippen LogP contribution in [0.4, 0.5) is 5.69 Å². The average Bonchev–Trinajstić information content (AvgIpc) is 2.41. The van der Waals surface area contributed by atoms with Gasteiger partial charge in [0.2, 0.25) is 0 Å². The molecule has 4 heteroatoms. The Bertz CT molecular complexity index is 453. The van der Waals surface area contributed by atoms with Crippen molar-refractivity contribution in [1.82, 2.24) is 0 Å². The van der Waals surface area contributed by atoms with Gasteiger partial charge in [0.05, 0.1) is 5.69 Å². The average molecular weight is 217 g/mol. The van der Waals surface area contributed by atoms with E-state index in [1.54, 1.807) is 11.9 Å². The van der Waals surface area contributed by atoms with Crippen LogP contribution in [0.15, 0.2) is 29.3 Å². The number of likely N-dealkylation sites (N-methyl/N-ethyl adjacent to an activating group) is 1. The minimum absolute atomic E-state index is 0.170. The standard InChI is InChI=1S/C12H15N3O/c1-3-9-8-6-4-5-7-10(8)15(2)12(16)11(13)14-9/h4-7,11H,3,13H2,1-2H3. The molecule has 1 amide bonds. The van der Waals surface area contributed by atoms with Gasteiger partial charge in [-0.05, 0) is 12.5 Å². The quantitative estimate of drug-likeness (QED) is 0.767. The van der Waals surface area contributed by atoms with Crippen LogP contribution in [0.1, 0.15) is 18.9 Å². The summed E-state index contributed by atoms with van der Waals surface area (Å²) in [5.74, 6) is -0.170. The summed E-state index contributed by atoms with van der Waals surface area (Å²) in [6.45, 7) is 2.01. The second kappa shape index (κ2) is 4.06. The summed E-state index contributed by atoms with van der Waals surface area (Å²) in [7, 11) is 1.73. The predicted molar refractivity (Wildman–Crippen MR) is 64.7 cm³/mol. The monoisotopic (exact) mass is 217 g/mol. The molecule has 1 aromatic rings. The lowest BCUT2D eigenvalue weighted by Crippen LogP contribution is -2.39. The van der Waals surface area contributed by atoms with Crippen molar-refractivity contribution in [2.24, 2.45) is 10.7 Å². The normalized spacial score (nSPS) is 20.2. The van der Waals surface area contributed by atoms with Crippen LogP contribution in [0, 0.1) is 0 Å². The first kappa shape index (κ1) is 10.8. The van der Waals surface area contributed by atoms with E-state index >= 15 is 0 Å². The predicted octanol–water partition coefficient (Wildman–Crippen LogP) is 1.15. The van der Waals surface area contributed by atoms with Crippen molar-refractivity contribution in [2.75, 3.05) is 11.9 Å². The van der Waals surface area contributed by atoms with E-state index in [-0.39, 0.29) is 5.91 Å². The Morgan fingerprint density at radius 2 is 2.12 bits per heavy atom. The van der Waals surface area contributed by atoms with Crippen molar-refractivity contribution in [3.05, 3.63) is 29.8 Å². The molecule has 1 heterocycles. The Hall–Kier alpha value is -1.68. The van der Waals surface area contributed by atoms with Gasteiger partial charge in [-0.25, -0.2) is 0 Å². The minimum Gasteiger partial charge on any atom is -0.312 e. The van der Waals surface area contributed by atoms with Crippen molar-refractivity contribution in [2.45, 2.75) is 19.5 Å². The Morgan fingerprint density at radius 1 is 1.44 bits per heavy atom. The van der Waals surface area contributed by atoms with E-state index in [1.807, 2.05) is 31.2 Å². The molecule has 1 aliphatic heterocycles. The van der Waals surface area contributed by atoms with E-state index < -0.39 is 6.17 Å². The van der Waals surface area contributed by atoms with Gasteiger partial charge >= 0.3 is 0 Å². The van der Waals surface area contributed by atoms with E-state index in [4.69, 9.17) is 5.73 Å². The van der Waals surface area contributed by atoms with Gasteiger partial charge in [-0.3, -0.25) is 9.79 Å². The summed E-state index contributed by atoms with van der Waals surface area (Å²) in [4.78, 5) is 17.7. The number of nitrogens with two attached hydrogens (primary N) is 1. The highest BCUT2D eigenvalue weighted by molar-refractivity contribution is 6.12. The fourth-order valence-corrected chi connectivity index (χ4v) is 1.90. The topological polar surface area (TPSA) is 58.7 Å². The molecule has 1 atom stereocenters. The van der Waals surface area contributed by atoms with Gasteiger partial charge in [0.25, 0.3) is 5.91 Å². The number of fused-ring (bicyclic) bond motifs is 1. The first-order valence-corrected chi connectivity index (χ1v) is 5.34. The van der Waals surface area contributed by atoms with Gasteiger partial charge in [-0.15, -0.1) is 0 Å². The van der Waals surface area contributed by atoms with Crippen LogP contribution in [-0.2, 0) is 4.79 Å². The van der Waals surface area contributed by atoms with Gasteiger partial charge in [0.1, 0.15) is 0 Å². The largest absolute Gasteiger partial charge is 0.312 e. The zero-order valence-corrected chi connectivity index (χ0v) is 9.47. The zero-order valence-electron chi connectivity index (χ0n) is 9.47. The van der Waals surface area contributed by atoms with Gasteiger partial charge in [0.15, 0.2) is 6.17 Å². The first-order valence-electron chi connectivity index (χ1n) is 5.34. The number of nitrogens with zero attached hydrogens (tertiary/aromatic N) is 2. The number of anilines is 1. The van der Waals surface area contributed by atoms with Crippen LogP contribution >= 0.6 is 0 Å². The summed E-state index contributed by atoms with van der Waals surface area (Å²) in [6.07, 6.45) is -0.0152. The maximum Gasteiger partial charge on any atom is 0.266 e. The Kier molecular flexibility index (Phi) is 2.75. The van der Waals surface area contributed by atoms with Crippen LogP contribution in [0.2, 0.25) is 0 Å². The summed E-state index contributed by atoms with van der Waals surface area (Å²) in [5, 5.41) is 0. The maximum atomic E-state index is 11.9. The number of benzene rings is 1. The Morgan fingerprint density at radius 3 is 2.81 bits per heavy atom. The van der Waals surface area contributed by atoms with Crippen LogP contribution < -0.4 is 10.6 Å². The molecule has 0 spiro atoms. The second-order valence-electron chi connectivity index (χ2n) is 3.79. The van der Waals surface area contributed by atoms with Gasteiger partial charge in [-0.1, -0.05) is 25.1 Å². The lowest BCUT2D eigenvalue weighted by Gasteiger charge is -2.18. The highest BCUT2D eigenvalue weighted by Gasteiger charge is 2.25. The number of hydrogen-bond donors (Lipinski definition) is 1. The van der Waals surface area contributed by atoms with Crippen molar-refractivity contribution in [3.63, 3.8) is 0 Å². The molecule has 0 aromatic heterocycles. The van der Waals surface area contributed by atoms with E-state index in [2.05, 4.69) is 4.99 Å². The number of carbonyl (C=O) groups excluding carboxylic acids is 1. The molecule has 16 heavy (non-hydrogen) atoms. The lowest BCUT2D eigenvalue weighted by atomic mass is 10.1. The summed E-state index contributed by atoms with van der Waals surface area (Å²) in [6, 6.07) is 7.74. The van der Waals surface area contributed by atoms with Gasteiger partial charge in [0, 0.05) is 18.3 Å². The van der Waals surface area contributed by atoms with Crippen molar-refractivity contribution in [1.29, 1.82) is 0 Å². The van der Waals surface area contributed by atoms with Crippen LogP contribution in [0.3, 0.4) is 0 Å². The van der Waals surface area contributed by atoms with E-state index in [1.165, 1.54) is 0 Å². The van der Waals surface area contributed by atoms with E-state index in [0.29, 0.717) is 0 Å². The number of aliphatic imine (C=N–C) groups is 1. The minimum atomic E-state index is -0.785. The van der Waals surface area contributed by atoms with E-state index in [0.717, 1.165) is 23.4 Å². The molecule has 0 saturated carbocycles. The van der Waals surface area contributed by atoms with Crippen molar-refractivity contribution in [3.8, 4) is 0 Å². The highest BCUT2D eigenvalue weighted by Crippen LogP contribution is 2.24. The molecule has 0 saturated heterocycles. The van der Waals surface area contributed by atoms with Gasteiger partial charge < -0.3 is 10.6 Å².